The molecule has 2 fully saturated rings. The number of hydrogen-bond donors (Lipinski definition) is 3. The molecule has 1 unspecified atom stereocenters. The van der Waals surface area contributed by atoms with Crippen molar-refractivity contribution in [3.05, 3.63) is 65.1 Å². The summed E-state index contributed by atoms with van der Waals surface area (Å²) >= 11 is 0. The normalized spacial score (nSPS) is 22.5. The van der Waals surface area contributed by atoms with E-state index in [9.17, 15) is 10.0 Å². The van der Waals surface area contributed by atoms with Gasteiger partial charge in [0, 0.05) is 55.2 Å². The number of likely N-dealkylation sites (tertiary alicyclic amines) is 2. The van der Waals surface area contributed by atoms with Crippen molar-refractivity contribution >= 4 is 11.4 Å². The zero-order chi connectivity index (χ0) is 21.8. The van der Waals surface area contributed by atoms with Gasteiger partial charge in [-0.15, -0.1) is 4.91 Å². The molecule has 0 radical (unpaired) electrons. The van der Waals surface area contributed by atoms with Crippen LogP contribution in [-0.2, 0) is 0 Å². The maximum absolute atomic E-state index is 11.4. The number of aromatic nitrogens is 2. The topological polar surface area (TPSA) is 126 Å². The first-order valence-electron chi connectivity index (χ1n) is 10.5. The smallest absolute Gasteiger partial charge is 0.119 e. The van der Waals surface area contributed by atoms with Crippen molar-refractivity contribution in [2.45, 2.75) is 12.8 Å². The summed E-state index contributed by atoms with van der Waals surface area (Å²) in [7, 11) is 0. The number of nitroso groups, excluding NO2 is 1. The van der Waals surface area contributed by atoms with Gasteiger partial charge in [-0.3, -0.25) is 0 Å². The van der Waals surface area contributed by atoms with Crippen molar-refractivity contribution in [1.29, 1.82) is 0 Å². The molecule has 2 saturated heterocycles. The van der Waals surface area contributed by atoms with Crippen molar-refractivity contribution in [3.8, 4) is 5.69 Å². The Balaban J connectivity index is 1.46. The number of benzene rings is 1. The molecule has 3 heterocycles. The fourth-order valence-electron chi connectivity index (χ4n) is 4.62. The Morgan fingerprint density at radius 1 is 1.23 bits per heavy atom. The fourth-order valence-corrected chi connectivity index (χ4v) is 4.62. The van der Waals surface area contributed by atoms with Gasteiger partial charge >= 0.3 is 0 Å². The molecule has 2 aromatic rings. The fraction of sp³-hybridized carbons (Fsp3) is 0.409. The van der Waals surface area contributed by atoms with Gasteiger partial charge in [0.15, 0.2) is 0 Å². The highest BCUT2D eigenvalue weighted by Gasteiger charge is 2.43. The van der Waals surface area contributed by atoms with Crippen molar-refractivity contribution in [2.75, 3.05) is 39.3 Å². The first-order chi connectivity index (χ1) is 15.0. The van der Waals surface area contributed by atoms with E-state index in [0.29, 0.717) is 17.1 Å². The molecule has 0 aliphatic carbocycles. The van der Waals surface area contributed by atoms with E-state index in [1.165, 1.54) is 0 Å². The van der Waals surface area contributed by atoms with Crippen molar-refractivity contribution < 1.29 is 5.11 Å². The third kappa shape index (κ3) is 4.47. The Morgan fingerprint density at radius 3 is 2.81 bits per heavy atom. The molecular weight excluding hydrogens is 394 g/mol. The van der Waals surface area contributed by atoms with Crippen LogP contribution in [0.2, 0.25) is 0 Å². The molecule has 2 aliphatic heterocycles. The van der Waals surface area contributed by atoms with Gasteiger partial charge in [-0.1, -0.05) is 0 Å². The Hall–Kier alpha value is -3.17. The van der Waals surface area contributed by atoms with Gasteiger partial charge in [-0.05, 0) is 61.0 Å². The number of rotatable bonds is 7. The number of nitrogens with zero attached hydrogens (tertiary/aromatic N) is 5. The average molecular weight is 424 g/mol. The maximum atomic E-state index is 11.4. The van der Waals surface area contributed by atoms with Gasteiger partial charge < -0.3 is 26.4 Å². The third-order valence-corrected chi connectivity index (χ3v) is 6.33. The molecule has 164 valence electrons. The van der Waals surface area contributed by atoms with E-state index in [2.05, 4.69) is 20.1 Å². The summed E-state index contributed by atoms with van der Waals surface area (Å²) in [5.74, 6) is 0.661. The number of β-amino-alcohol motifs (C(OH)–C–C–N with tert-alkyl or cyclic N) is 1. The lowest BCUT2D eigenvalue weighted by Crippen LogP contribution is -2.33. The molecular formula is C22H29N7O2. The molecule has 31 heavy (non-hydrogen) atoms. The van der Waals surface area contributed by atoms with Gasteiger partial charge in [-0.2, -0.15) is 5.10 Å². The van der Waals surface area contributed by atoms with E-state index < -0.39 is 0 Å². The third-order valence-electron chi connectivity index (χ3n) is 6.33. The Bertz CT molecular complexity index is 986. The Morgan fingerprint density at radius 2 is 2.06 bits per heavy atom. The molecule has 9 heteroatoms. The maximum Gasteiger partial charge on any atom is 0.119 e. The highest BCUT2D eigenvalue weighted by molar-refractivity contribution is 5.75. The molecule has 0 amide bonds. The van der Waals surface area contributed by atoms with E-state index in [-0.39, 0.29) is 17.7 Å². The van der Waals surface area contributed by atoms with Gasteiger partial charge in [0.2, 0.25) is 0 Å². The molecule has 1 atom stereocenters. The molecule has 1 spiro atoms. The molecule has 0 bridgehead atoms. The lowest BCUT2D eigenvalue weighted by molar-refractivity contribution is 0.201. The lowest BCUT2D eigenvalue weighted by Gasteiger charge is -2.25. The van der Waals surface area contributed by atoms with Gasteiger partial charge in [-0.25, -0.2) is 4.68 Å². The van der Waals surface area contributed by atoms with E-state index in [0.717, 1.165) is 51.3 Å². The molecule has 9 nitrogen and oxygen atoms in total. The standard InChI is InChI=1S/C22H29N7O2/c23-19(18-3-2-17(14-20(18)26-31)29-9-1-8-25-29)4-5-21(24)28-11-7-22(16-28)6-10-27(15-22)12-13-30/h1-5,8-9,14,30H,6-7,10-13,15-16,23-24H2/b19-4-,21-5+. The monoisotopic (exact) mass is 423 g/mol. The Kier molecular flexibility index (Phi) is 6.06. The number of allylic oxidation sites excluding steroid dienone is 2. The van der Waals surface area contributed by atoms with E-state index >= 15 is 0 Å². The lowest BCUT2D eigenvalue weighted by atomic mass is 9.86. The van der Waals surface area contributed by atoms with E-state index in [1.807, 2.05) is 12.1 Å². The molecule has 1 aromatic carbocycles. The van der Waals surface area contributed by atoms with Crippen LogP contribution in [0.15, 0.2) is 59.8 Å². The van der Waals surface area contributed by atoms with Gasteiger partial charge in [0.05, 0.1) is 18.1 Å². The predicted octanol–water partition coefficient (Wildman–Crippen LogP) is 1.76. The Labute approximate surface area is 181 Å². The summed E-state index contributed by atoms with van der Waals surface area (Å²) < 4.78 is 1.66. The van der Waals surface area contributed by atoms with Gasteiger partial charge in [0.25, 0.3) is 0 Å². The minimum Gasteiger partial charge on any atom is -0.398 e. The highest BCUT2D eigenvalue weighted by Crippen LogP contribution is 2.40. The number of aliphatic hydroxyl groups excluding tert-OH is 1. The SMILES string of the molecule is N/C(=C\C=C(/N)N1CCC2(CCN(CCO)C2)C1)c1ccc(-n2cccn2)cc1N=O. The second kappa shape index (κ2) is 8.91. The van der Waals surface area contributed by atoms with Crippen molar-refractivity contribution in [1.82, 2.24) is 19.6 Å². The predicted molar refractivity (Wildman–Crippen MR) is 120 cm³/mol. The summed E-state index contributed by atoms with van der Waals surface area (Å²) in [5, 5.41) is 16.5. The summed E-state index contributed by atoms with van der Waals surface area (Å²) in [6.07, 6.45) is 9.21. The minimum absolute atomic E-state index is 0.201. The second-order valence-electron chi connectivity index (χ2n) is 8.38. The average Bonchev–Trinajstić information content (AvgIpc) is 3.54. The number of hydrogen-bond acceptors (Lipinski definition) is 8. The van der Waals surface area contributed by atoms with Crippen LogP contribution in [-0.4, -0.2) is 64.0 Å². The van der Waals surface area contributed by atoms with Crippen LogP contribution in [0.5, 0.6) is 0 Å². The first-order valence-corrected chi connectivity index (χ1v) is 10.5. The largest absolute Gasteiger partial charge is 0.398 e. The summed E-state index contributed by atoms with van der Waals surface area (Å²) in [6, 6.07) is 7.07. The summed E-state index contributed by atoms with van der Waals surface area (Å²) in [4.78, 5) is 15.9. The van der Waals surface area contributed by atoms with E-state index in [1.54, 1.807) is 41.4 Å². The van der Waals surface area contributed by atoms with Crippen LogP contribution >= 0.6 is 0 Å². The first kappa shape index (κ1) is 21.1. The zero-order valence-corrected chi connectivity index (χ0v) is 17.5. The minimum atomic E-state index is 0.201. The second-order valence-corrected chi connectivity index (χ2v) is 8.38. The molecule has 2 aliphatic rings. The highest BCUT2D eigenvalue weighted by atomic mass is 16.3. The van der Waals surface area contributed by atoms with Crippen LogP contribution in [0.4, 0.5) is 5.69 Å². The van der Waals surface area contributed by atoms with Crippen molar-refractivity contribution in [2.24, 2.45) is 22.1 Å². The van der Waals surface area contributed by atoms with Crippen molar-refractivity contribution in [3.63, 3.8) is 0 Å². The molecule has 5 N–H and O–H groups in total. The van der Waals surface area contributed by atoms with Crippen LogP contribution < -0.4 is 11.5 Å². The van der Waals surface area contributed by atoms with Crippen LogP contribution in [0.25, 0.3) is 11.4 Å². The van der Waals surface area contributed by atoms with E-state index in [4.69, 9.17) is 11.5 Å². The van der Waals surface area contributed by atoms with Gasteiger partial charge in [0.1, 0.15) is 5.69 Å². The number of nitrogens with two attached hydrogens (primary N) is 2. The molecule has 4 rings (SSSR count). The quantitative estimate of drug-likeness (QED) is 0.457. The van der Waals surface area contributed by atoms with Crippen LogP contribution in [0.1, 0.15) is 18.4 Å². The van der Waals surface area contributed by atoms with Crippen LogP contribution in [0, 0.1) is 10.3 Å². The van der Waals surface area contributed by atoms with Crippen LogP contribution in [0.3, 0.4) is 0 Å². The molecule has 1 aromatic heterocycles. The zero-order valence-electron chi connectivity index (χ0n) is 17.5. The number of aliphatic hydroxyl groups is 1. The molecule has 0 saturated carbocycles. The summed E-state index contributed by atoms with van der Waals surface area (Å²) in [6.45, 7) is 4.78. The summed E-state index contributed by atoms with van der Waals surface area (Å²) in [5.41, 5.74) is 14.8.